The third-order valence-corrected chi connectivity index (χ3v) is 7.65. The van der Waals surface area contributed by atoms with E-state index in [1.54, 1.807) is 0 Å². The number of carbonyl (C=O) groups is 1. The standard InChI is InChI=1S/C26H33N3O2/c1-28-23-13-12-19(18-8-4-2-5-9-18)16-22(23)25-21(24(28)17-30)14-15-29(25)26(31)27-20-10-6-3-7-11-20/h2,4-5,8-9,12-13,16,20-21,24-25,30H,3,6-7,10-11,14-15,17H2,1H3,(H,27,31)/t21-,24-,25-/m0/s1. The predicted octanol–water partition coefficient (Wildman–Crippen LogP) is 4.57. The second-order valence-corrected chi connectivity index (χ2v) is 9.38. The van der Waals surface area contributed by atoms with Gasteiger partial charge in [0.15, 0.2) is 0 Å². The van der Waals surface area contributed by atoms with E-state index in [2.05, 4.69) is 59.7 Å². The lowest BCUT2D eigenvalue weighted by Crippen LogP contribution is -2.50. The molecule has 1 saturated carbocycles. The summed E-state index contributed by atoms with van der Waals surface area (Å²) in [6, 6.07) is 17.4. The van der Waals surface area contributed by atoms with Crippen LogP contribution in [0.3, 0.4) is 0 Å². The SMILES string of the molecule is CN1c2ccc(-c3ccccc3)cc2[C@@H]2[C@@H](CCN2C(=O)NC2CCCCC2)[C@@H]1CO. The molecule has 0 unspecified atom stereocenters. The number of benzene rings is 2. The molecule has 3 atom stereocenters. The average Bonchev–Trinajstić information content (AvgIpc) is 3.26. The molecule has 2 aromatic rings. The van der Waals surface area contributed by atoms with Gasteiger partial charge in [-0.2, -0.15) is 0 Å². The zero-order chi connectivity index (χ0) is 21.4. The first kappa shape index (κ1) is 20.4. The normalized spacial score (nSPS) is 25.8. The highest BCUT2D eigenvalue weighted by Gasteiger charge is 2.47. The van der Waals surface area contributed by atoms with Crippen LogP contribution in [0.25, 0.3) is 11.1 Å². The number of amides is 2. The highest BCUT2D eigenvalue weighted by atomic mass is 16.3. The number of nitrogens with zero attached hydrogens (tertiary/aromatic N) is 2. The Bertz CT molecular complexity index is 926. The number of anilines is 1. The van der Waals surface area contributed by atoms with Crippen molar-refractivity contribution in [2.24, 2.45) is 5.92 Å². The van der Waals surface area contributed by atoms with Crippen LogP contribution < -0.4 is 10.2 Å². The van der Waals surface area contributed by atoms with Gasteiger partial charge >= 0.3 is 6.03 Å². The van der Waals surface area contributed by atoms with Crippen molar-refractivity contribution in [2.45, 2.75) is 56.7 Å². The molecule has 5 heteroatoms. The summed E-state index contributed by atoms with van der Waals surface area (Å²) in [6.07, 6.45) is 6.79. The van der Waals surface area contributed by atoms with E-state index in [0.717, 1.165) is 31.5 Å². The van der Waals surface area contributed by atoms with Crippen LogP contribution in [-0.2, 0) is 0 Å². The summed E-state index contributed by atoms with van der Waals surface area (Å²) < 4.78 is 0. The molecule has 31 heavy (non-hydrogen) atoms. The van der Waals surface area contributed by atoms with Crippen molar-refractivity contribution in [3.8, 4) is 11.1 Å². The Morgan fingerprint density at radius 1 is 1.03 bits per heavy atom. The quantitative estimate of drug-likeness (QED) is 0.766. The number of aliphatic hydroxyl groups is 1. The van der Waals surface area contributed by atoms with Crippen LogP contribution in [0, 0.1) is 5.92 Å². The van der Waals surface area contributed by atoms with E-state index in [9.17, 15) is 9.90 Å². The first-order valence-corrected chi connectivity index (χ1v) is 11.8. The van der Waals surface area contributed by atoms with Crippen molar-refractivity contribution in [1.82, 2.24) is 10.2 Å². The zero-order valence-corrected chi connectivity index (χ0v) is 18.3. The van der Waals surface area contributed by atoms with E-state index in [4.69, 9.17) is 0 Å². The predicted molar refractivity (Wildman–Crippen MR) is 124 cm³/mol. The molecular formula is C26H33N3O2. The molecule has 2 heterocycles. The Morgan fingerprint density at radius 2 is 1.81 bits per heavy atom. The van der Waals surface area contributed by atoms with Crippen molar-refractivity contribution in [2.75, 3.05) is 25.1 Å². The Balaban J connectivity index is 1.50. The van der Waals surface area contributed by atoms with Crippen LogP contribution in [0.15, 0.2) is 48.5 Å². The molecule has 2 N–H and O–H groups in total. The summed E-state index contributed by atoms with van der Waals surface area (Å²) in [6.45, 7) is 0.850. The van der Waals surface area contributed by atoms with Crippen LogP contribution in [0.2, 0.25) is 0 Å². The molecule has 1 saturated heterocycles. The van der Waals surface area contributed by atoms with Crippen molar-refractivity contribution in [3.05, 3.63) is 54.1 Å². The molecule has 1 aliphatic carbocycles. The van der Waals surface area contributed by atoms with Crippen LogP contribution in [0.5, 0.6) is 0 Å². The number of hydrogen-bond donors (Lipinski definition) is 2. The Hall–Kier alpha value is -2.53. The third-order valence-electron chi connectivity index (χ3n) is 7.65. The van der Waals surface area contributed by atoms with Gasteiger partial charge in [0.05, 0.1) is 18.7 Å². The molecule has 2 aromatic carbocycles. The lowest BCUT2D eigenvalue weighted by molar-refractivity contribution is 0.156. The summed E-state index contributed by atoms with van der Waals surface area (Å²) in [5.41, 5.74) is 4.69. The van der Waals surface area contributed by atoms with E-state index in [1.807, 2.05) is 11.0 Å². The molecule has 2 fully saturated rings. The maximum absolute atomic E-state index is 13.3. The summed E-state index contributed by atoms with van der Waals surface area (Å²) in [7, 11) is 2.07. The van der Waals surface area contributed by atoms with Crippen LogP contribution in [0.4, 0.5) is 10.5 Å². The topological polar surface area (TPSA) is 55.8 Å². The number of likely N-dealkylation sites (tertiary alicyclic amines) is 1. The van der Waals surface area contributed by atoms with Crippen molar-refractivity contribution >= 4 is 11.7 Å². The third kappa shape index (κ3) is 3.69. The van der Waals surface area contributed by atoms with Gasteiger partial charge in [0, 0.05) is 31.2 Å². The number of nitrogens with one attached hydrogen (secondary N) is 1. The summed E-state index contributed by atoms with van der Waals surface area (Å²) >= 11 is 0. The van der Waals surface area contributed by atoms with Gasteiger partial charge < -0.3 is 20.2 Å². The monoisotopic (exact) mass is 419 g/mol. The minimum Gasteiger partial charge on any atom is -0.394 e. The fraction of sp³-hybridized carbons (Fsp3) is 0.500. The molecule has 2 aliphatic heterocycles. The molecule has 0 radical (unpaired) electrons. The number of urea groups is 1. The molecule has 2 amide bonds. The summed E-state index contributed by atoms with van der Waals surface area (Å²) in [5, 5.41) is 13.5. The second kappa shape index (κ2) is 8.54. The average molecular weight is 420 g/mol. The fourth-order valence-electron chi connectivity index (χ4n) is 6.00. The molecular weight excluding hydrogens is 386 g/mol. The van der Waals surface area contributed by atoms with Gasteiger partial charge in [-0.1, -0.05) is 55.7 Å². The van der Waals surface area contributed by atoms with Crippen molar-refractivity contribution in [1.29, 1.82) is 0 Å². The number of likely N-dealkylation sites (N-methyl/N-ethyl adjacent to an activating group) is 1. The van der Waals surface area contributed by atoms with Gasteiger partial charge in [-0.25, -0.2) is 4.79 Å². The number of rotatable bonds is 3. The Labute approximate surface area is 185 Å². The number of carbonyl (C=O) groups excluding carboxylic acids is 1. The first-order valence-electron chi connectivity index (χ1n) is 11.8. The molecule has 0 bridgehead atoms. The lowest BCUT2D eigenvalue weighted by atomic mass is 9.81. The molecule has 164 valence electrons. The van der Waals surface area contributed by atoms with Gasteiger partial charge in [0.2, 0.25) is 0 Å². The van der Waals surface area contributed by atoms with Crippen LogP contribution >= 0.6 is 0 Å². The molecule has 5 rings (SSSR count). The van der Waals surface area contributed by atoms with Crippen molar-refractivity contribution in [3.63, 3.8) is 0 Å². The lowest BCUT2D eigenvalue weighted by Gasteiger charge is -2.44. The summed E-state index contributed by atoms with van der Waals surface area (Å²) in [5.74, 6) is 0.241. The highest BCUT2D eigenvalue weighted by Crippen LogP contribution is 2.49. The Kier molecular flexibility index (Phi) is 5.61. The van der Waals surface area contributed by atoms with Crippen molar-refractivity contribution < 1.29 is 9.90 Å². The molecule has 0 aromatic heterocycles. The van der Waals surface area contributed by atoms with Gasteiger partial charge in [0.1, 0.15) is 0 Å². The minimum atomic E-state index is 0.00982. The molecule has 3 aliphatic rings. The largest absolute Gasteiger partial charge is 0.394 e. The second-order valence-electron chi connectivity index (χ2n) is 9.38. The number of aliphatic hydroxyl groups excluding tert-OH is 1. The van der Waals surface area contributed by atoms with E-state index in [1.165, 1.54) is 36.0 Å². The molecule has 5 nitrogen and oxygen atoms in total. The Morgan fingerprint density at radius 3 is 2.55 bits per heavy atom. The highest BCUT2D eigenvalue weighted by molar-refractivity contribution is 5.78. The van der Waals surface area contributed by atoms with Gasteiger partial charge in [-0.05, 0) is 48.1 Å². The smallest absolute Gasteiger partial charge is 0.318 e. The van der Waals surface area contributed by atoms with Crippen LogP contribution in [-0.4, -0.2) is 48.3 Å². The zero-order valence-electron chi connectivity index (χ0n) is 18.3. The minimum absolute atomic E-state index is 0.00982. The van der Waals surface area contributed by atoms with Crippen LogP contribution in [0.1, 0.15) is 50.1 Å². The maximum Gasteiger partial charge on any atom is 0.318 e. The van der Waals surface area contributed by atoms with E-state index in [-0.39, 0.29) is 30.6 Å². The first-order chi connectivity index (χ1) is 15.2. The van der Waals surface area contributed by atoms with Gasteiger partial charge in [-0.3, -0.25) is 0 Å². The maximum atomic E-state index is 13.3. The molecule has 0 spiro atoms. The summed E-state index contributed by atoms with van der Waals surface area (Å²) in [4.78, 5) is 17.6. The fourth-order valence-corrected chi connectivity index (χ4v) is 6.00. The number of hydrogen-bond acceptors (Lipinski definition) is 3. The van der Waals surface area contributed by atoms with E-state index < -0.39 is 0 Å². The van der Waals surface area contributed by atoms with Gasteiger partial charge in [-0.15, -0.1) is 0 Å². The van der Waals surface area contributed by atoms with E-state index in [0.29, 0.717) is 6.04 Å². The van der Waals surface area contributed by atoms with Gasteiger partial charge in [0.25, 0.3) is 0 Å². The number of fused-ring (bicyclic) bond motifs is 3. The van der Waals surface area contributed by atoms with E-state index >= 15 is 0 Å².